The molecule has 3 aromatic rings. The standard InChI is InChI=1S/C19H19N5O3/c1-12-6-5-7-13(2)18(12)21-16(25)10-20-17(26)11-24-19(27)14-8-3-4-9-15(14)22-23-24/h3-9H,10-11H2,1-2H3,(H,20,26)(H,21,25). The summed E-state index contributed by atoms with van der Waals surface area (Å²) in [6.45, 7) is 3.27. The molecule has 8 heteroatoms. The molecule has 0 fully saturated rings. The molecule has 0 unspecified atom stereocenters. The maximum atomic E-state index is 12.3. The van der Waals surface area contributed by atoms with Crippen LogP contribution in [0.15, 0.2) is 47.3 Å². The molecule has 138 valence electrons. The van der Waals surface area contributed by atoms with E-state index in [0.717, 1.165) is 21.5 Å². The van der Waals surface area contributed by atoms with Gasteiger partial charge in [0.2, 0.25) is 11.8 Å². The summed E-state index contributed by atoms with van der Waals surface area (Å²) in [4.78, 5) is 36.5. The summed E-state index contributed by atoms with van der Waals surface area (Å²) in [6, 6.07) is 12.5. The zero-order valence-corrected chi connectivity index (χ0v) is 15.0. The summed E-state index contributed by atoms with van der Waals surface area (Å²) < 4.78 is 0.973. The Morgan fingerprint density at radius 2 is 1.70 bits per heavy atom. The van der Waals surface area contributed by atoms with Gasteiger partial charge in [-0.15, -0.1) is 5.10 Å². The summed E-state index contributed by atoms with van der Waals surface area (Å²) in [5.41, 5.74) is 2.66. The second kappa shape index (κ2) is 7.77. The van der Waals surface area contributed by atoms with Crippen LogP contribution in [0.3, 0.4) is 0 Å². The van der Waals surface area contributed by atoms with Gasteiger partial charge in [-0.05, 0) is 37.1 Å². The van der Waals surface area contributed by atoms with Gasteiger partial charge >= 0.3 is 0 Å². The average Bonchev–Trinajstić information content (AvgIpc) is 2.66. The van der Waals surface area contributed by atoms with E-state index in [4.69, 9.17) is 0 Å². The Hall–Kier alpha value is -3.55. The molecule has 0 bridgehead atoms. The van der Waals surface area contributed by atoms with Crippen LogP contribution in [0.2, 0.25) is 0 Å². The third kappa shape index (κ3) is 4.17. The van der Waals surface area contributed by atoms with Gasteiger partial charge in [-0.2, -0.15) is 0 Å². The number of carbonyl (C=O) groups is 2. The van der Waals surface area contributed by atoms with Crippen molar-refractivity contribution in [3.63, 3.8) is 0 Å². The number of fused-ring (bicyclic) bond motifs is 1. The van der Waals surface area contributed by atoms with Crippen molar-refractivity contribution in [2.75, 3.05) is 11.9 Å². The number of aromatic nitrogens is 3. The predicted molar refractivity (Wildman–Crippen MR) is 101 cm³/mol. The Labute approximate surface area is 155 Å². The lowest BCUT2D eigenvalue weighted by atomic mass is 10.1. The van der Waals surface area contributed by atoms with Crippen molar-refractivity contribution >= 4 is 28.4 Å². The molecular formula is C19H19N5O3. The van der Waals surface area contributed by atoms with Crippen molar-refractivity contribution < 1.29 is 9.59 Å². The Morgan fingerprint density at radius 1 is 1.00 bits per heavy atom. The second-order valence-electron chi connectivity index (χ2n) is 6.16. The molecule has 0 spiro atoms. The van der Waals surface area contributed by atoms with Crippen molar-refractivity contribution in [1.82, 2.24) is 20.3 Å². The van der Waals surface area contributed by atoms with Crippen LogP contribution in [0.25, 0.3) is 10.9 Å². The van der Waals surface area contributed by atoms with Gasteiger partial charge in [0.25, 0.3) is 5.56 Å². The minimum Gasteiger partial charge on any atom is -0.345 e. The van der Waals surface area contributed by atoms with E-state index < -0.39 is 11.5 Å². The minimum atomic E-state index is -0.502. The summed E-state index contributed by atoms with van der Waals surface area (Å²) in [6.07, 6.45) is 0. The van der Waals surface area contributed by atoms with Crippen LogP contribution in [0, 0.1) is 13.8 Å². The van der Waals surface area contributed by atoms with Crippen LogP contribution in [0.4, 0.5) is 5.69 Å². The molecule has 1 heterocycles. The molecule has 2 amide bonds. The van der Waals surface area contributed by atoms with Crippen LogP contribution in [-0.2, 0) is 16.1 Å². The zero-order chi connectivity index (χ0) is 19.4. The smallest absolute Gasteiger partial charge is 0.278 e. The number of anilines is 1. The first-order valence-electron chi connectivity index (χ1n) is 8.41. The predicted octanol–water partition coefficient (Wildman–Crippen LogP) is 1.16. The molecule has 0 aliphatic rings. The van der Waals surface area contributed by atoms with Crippen LogP contribution < -0.4 is 16.2 Å². The van der Waals surface area contributed by atoms with Crippen molar-refractivity contribution in [2.24, 2.45) is 0 Å². The van der Waals surface area contributed by atoms with Crippen LogP contribution in [-0.4, -0.2) is 33.4 Å². The number of nitrogens with one attached hydrogen (secondary N) is 2. The van der Waals surface area contributed by atoms with Gasteiger partial charge in [0.1, 0.15) is 12.1 Å². The van der Waals surface area contributed by atoms with Gasteiger partial charge in [-0.3, -0.25) is 14.4 Å². The molecule has 0 atom stereocenters. The monoisotopic (exact) mass is 365 g/mol. The highest BCUT2D eigenvalue weighted by Gasteiger charge is 2.12. The van der Waals surface area contributed by atoms with Crippen molar-refractivity contribution in [3.8, 4) is 0 Å². The lowest BCUT2D eigenvalue weighted by Gasteiger charge is -2.12. The van der Waals surface area contributed by atoms with Gasteiger partial charge in [0, 0.05) is 5.69 Å². The normalized spacial score (nSPS) is 10.6. The third-order valence-corrected chi connectivity index (χ3v) is 4.11. The number of rotatable bonds is 5. The number of aryl methyl sites for hydroxylation is 2. The topological polar surface area (TPSA) is 106 Å². The molecule has 2 N–H and O–H groups in total. The van der Waals surface area contributed by atoms with Crippen molar-refractivity contribution in [1.29, 1.82) is 0 Å². The zero-order valence-electron chi connectivity index (χ0n) is 15.0. The van der Waals surface area contributed by atoms with Gasteiger partial charge in [0.05, 0.1) is 11.9 Å². The van der Waals surface area contributed by atoms with E-state index in [0.29, 0.717) is 10.9 Å². The highest BCUT2D eigenvalue weighted by atomic mass is 16.2. The highest BCUT2D eigenvalue weighted by molar-refractivity contribution is 5.95. The number of benzene rings is 2. The number of carbonyl (C=O) groups excluding carboxylic acids is 2. The molecule has 0 radical (unpaired) electrons. The first-order chi connectivity index (χ1) is 13.0. The lowest BCUT2D eigenvalue weighted by molar-refractivity contribution is -0.124. The minimum absolute atomic E-state index is 0.206. The van der Waals surface area contributed by atoms with E-state index in [1.165, 1.54) is 0 Å². The molecule has 0 saturated heterocycles. The lowest BCUT2D eigenvalue weighted by Crippen LogP contribution is -2.38. The maximum Gasteiger partial charge on any atom is 0.278 e. The van der Waals surface area contributed by atoms with Crippen LogP contribution >= 0.6 is 0 Å². The summed E-state index contributed by atoms with van der Waals surface area (Å²) in [5.74, 6) is -0.851. The van der Waals surface area contributed by atoms with Gasteiger partial charge in [0.15, 0.2) is 0 Å². The molecular weight excluding hydrogens is 346 g/mol. The maximum absolute atomic E-state index is 12.3. The Balaban J connectivity index is 1.61. The van der Waals surface area contributed by atoms with Crippen molar-refractivity contribution in [3.05, 3.63) is 63.9 Å². The Kier molecular flexibility index (Phi) is 5.25. The first kappa shape index (κ1) is 18.2. The molecule has 0 aliphatic heterocycles. The van der Waals surface area contributed by atoms with Gasteiger partial charge < -0.3 is 10.6 Å². The highest BCUT2D eigenvalue weighted by Crippen LogP contribution is 2.18. The summed E-state index contributed by atoms with van der Waals surface area (Å²) in [7, 11) is 0. The van der Waals surface area contributed by atoms with Crippen LogP contribution in [0.5, 0.6) is 0 Å². The van der Waals surface area contributed by atoms with Gasteiger partial charge in [-0.1, -0.05) is 35.5 Å². The molecule has 27 heavy (non-hydrogen) atoms. The number of nitrogens with zero attached hydrogens (tertiary/aromatic N) is 3. The molecule has 0 aliphatic carbocycles. The summed E-state index contributed by atoms with van der Waals surface area (Å²) >= 11 is 0. The molecule has 3 rings (SSSR count). The number of amides is 2. The fourth-order valence-corrected chi connectivity index (χ4v) is 2.69. The summed E-state index contributed by atoms with van der Waals surface area (Å²) in [5, 5.41) is 13.3. The number of hydrogen-bond acceptors (Lipinski definition) is 5. The van der Waals surface area contributed by atoms with E-state index in [9.17, 15) is 14.4 Å². The van der Waals surface area contributed by atoms with Crippen LogP contribution in [0.1, 0.15) is 11.1 Å². The SMILES string of the molecule is Cc1cccc(C)c1NC(=O)CNC(=O)Cn1nnc2ccccc2c1=O. The third-order valence-electron chi connectivity index (χ3n) is 4.11. The van der Waals surface area contributed by atoms with E-state index >= 15 is 0 Å². The van der Waals surface area contributed by atoms with E-state index in [1.807, 2.05) is 32.0 Å². The van der Waals surface area contributed by atoms with E-state index in [2.05, 4.69) is 20.9 Å². The fourth-order valence-electron chi connectivity index (χ4n) is 2.69. The molecule has 0 saturated carbocycles. The van der Waals surface area contributed by atoms with E-state index in [-0.39, 0.29) is 19.0 Å². The quantitative estimate of drug-likeness (QED) is 0.706. The fraction of sp³-hybridized carbons (Fsp3) is 0.211. The van der Waals surface area contributed by atoms with E-state index in [1.54, 1.807) is 24.3 Å². The second-order valence-corrected chi connectivity index (χ2v) is 6.16. The number of para-hydroxylation sites is 1. The Morgan fingerprint density at radius 3 is 2.44 bits per heavy atom. The van der Waals surface area contributed by atoms with Crippen molar-refractivity contribution in [2.45, 2.75) is 20.4 Å². The average molecular weight is 365 g/mol. The molecule has 1 aromatic heterocycles. The molecule has 2 aromatic carbocycles. The van der Waals surface area contributed by atoms with Gasteiger partial charge in [-0.25, -0.2) is 4.68 Å². The Bertz CT molecular complexity index is 1050. The number of hydrogen-bond donors (Lipinski definition) is 2. The molecule has 8 nitrogen and oxygen atoms in total. The largest absolute Gasteiger partial charge is 0.345 e. The first-order valence-corrected chi connectivity index (χ1v) is 8.41.